The maximum absolute atomic E-state index is 13.1. The van der Waals surface area contributed by atoms with Gasteiger partial charge in [-0.05, 0) is 44.9 Å². The van der Waals surface area contributed by atoms with Crippen LogP contribution in [0.3, 0.4) is 0 Å². The molecule has 2 aromatic heterocycles. The SMILES string of the molecule is Cc1noc(C)c1CCNC(=O)c1cc2n(n1)CC(C)(C(=O)NCc1ccc(F)cc1)N(C)C2=O. The normalized spacial score (nSPS) is 17.3. The topological polar surface area (TPSA) is 122 Å². The van der Waals surface area contributed by atoms with E-state index < -0.39 is 17.4 Å². The largest absolute Gasteiger partial charge is 0.361 e. The Balaban J connectivity index is 1.43. The molecular formula is C24H27FN6O4. The van der Waals surface area contributed by atoms with E-state index in [0.717, 1.165) is 16.8 Å². The van der Waals surface area contributed by atoms with Gasteiger partial charge in [0.05, 0.1) is 12.2 Å². The highest BCUT2D eigenvalue weighted by Crippen LogP contribution is 2.26. The van der Waals surface area contributed by atoms with Crippen molar-refractivity contribution in [1.82, 2.24) is 30.5 Å². The van der Waals surface area contributed by atoms with E-state index >= 15 is 0 Å². The molecule has 3 amide bonds. The van der Waals surface area contributed by atoms with Gasteiger partial charge in [-0.2, -0.15) is 5.10 Å². The smallest absolute Gasteiger partial charge is 0.272 e. The summed E-state index contributed by atoms with van der Waals surface area (Å²) in [6.45, 7) is 5.90. The number of hydrogen-bond donors (Lipinski definition) is 2. The number of nitrogens with one attached hydrogen (secondary N) is 2. The fourth-order valence-corrected chi connectivity index (χ4v) is 4.06. The first-order valence-electron chi connectivity index (χ1n) is 11.2. The molecule has 0 radical (unpaired) electrons. The van der Waals surface area contributed by atoms with Crippen LogP contribution in [0.25, 0.3) is 0 Å². The molecule has 1 aromatic carbocycles. The first-order valence-corrected chi connectivity index (χ1v) is 11.2. The van der Waals surface area contributed by atoms with Crippen LogP contribution in [0.1, 0.15) is 50.5 Å². The van der Waals surface area contributed by atoms with E-state index in [1.165, 1.54) is 27.8 Å². The van der Waals surface area contributed by atoms with Crippen LogP contribution in [0.4, 0.5) is 4.39 Å². The number of likely N-dealkylation sites (N-methyl/N-ethyl adjacent to an activating group) is 1. The van der Waals surface area contributed by atoms with Crippen LogP contribution in [-0.4, -0.2) is 56.7 Å². The maximum atomic E-state index is 13.1. The zero-order valence-corrected chi connectivity index (χ0v) is 20.0. The van der Waals surface area contributed by atoms with Gasteiger partial charge in [0.2, 0.25) is 5.91 Å². The van der Waals surface area contributed by atoms with Crippen LogP contribution in [-0.2, 0) is 24.3 Å². The summed E-state index contributed by atoms with van der Waals surface area (Å²) in [4.78, 5) is 40.1. The number of hydrogen-bond acceptors (Lipinski definition) is 6. The predicted octanol–water partition coefficient (Wildman–Crippen LogP) is 1.76. The summed E-state index contributed by atoms with van der Waals surface area (Å²) in [6.07, 6.45) is 0.550. The van der Waals surface area contributed by atoms with Gasteiger partial charge in [-0.15, -0.1) is 0 Å². The molecule has 0 spiro atoms. The van der Waals surface area contributed by atoms with Crippen molar-refractivity contribution < 1.29 is 23.3 Å². The predicted molar refractivity (Wildman–Crippen MR) is 123 cm³/mol. The number of fused-ring (bicyclic) bond motifs is 1. The van der Waals surface area contributed by atoms with E-state index in [4.69, 9.17) is 4.52 Å². The molecule has 0 saturated carbocycles. The molecule has 10 nitrogen and oxygen atoms in total. The Kier molecular flexibility index (Phi) is 6.42. The lowest BCUT2D eigenvalue weighted by atomic mass is 9.96. The van der Waals surface area contributed by atoms with Crippen LogP contribution >= 0.6 is 0 Å². The van der Waals surface area contributed by atoms with Crippen LogP contribution in [0.2, 0.25) is 0 Å². The monoisotopic (exact) mass is 482 g/mol. The third-order valence-corrected chi connectivity index (χ3v) is 6.43. The molecule has 3 aromatic rings. The molecule has 2 N–H and O–H groups in total. The van der Waals surface area contributed by atoms with Crippen molar-refractivity contribution in [2.75, 3.05) is 13.6 Å². The van der Waals surface area contributed by atoms with E-state index in [9.17, 15) is 18.8 Å². The number of aromatic nitrogens is 3. The van der Waals surface area contributed by atoms with E-state index in [-0.39, 0.29) is 36.2 Å². The Bertz CT molecular complexity index is 1260. The van der Waals surface area contributed by atoms with Gasteiger partial charge in [0.1, 0.15) is 22.8 Å². The highest BCUT2D eigenvalue weighted by Gasteiger charge is 2.46. The Labute approximate surface area is 201 Å². The first kappa shape index (κ1) is 24.1. The van der Waals surface area contributed by atoms with Crippen molar-refractivity contribution in [3.8, 4) is 0 Å². The summed E-state index contributed by atoms with van der Waals surface area (Å²) in [5.74, 6) is -0.877. The Morgan fingerprint density at radius 2 is 1.91 bits per heavy atom. The van der Waals surface area contributed by atoms with Crippen LogP contribution in [0.5, 0.6) is 0 Å². The second-order valence-corrected chi connectivity index (χ2v) is 8.83. The molecule has 184 valence electrons. The minimum Gasteiger partial charge on any atom is -0.361 e. The van der Waals surface area contributed by atoms with Gasteiger partial charge in [-0.1, -0.05) is 17.3 Å². The molecule has 35 heavy (non-hydrogen) atoms. The number of benzene rings is 1. The van der Waals surface area contributed by atoms with E-state index in [2.05, 4.69) is 20.9 Å². The summed E-state index contributed by atoms with van der Waals surface area (Å²) in [5.41, 5.74) is 1.54. The third-order valence-electron chi connectivity index (χ3n) is 6.43. The van der Waals surface area contributed by atoms with E-state index in [0.29, 0.717) is 18.7 Å². The Hall–Kier alpha value is -4.02. The summed E-state index contributed by atoms with van der Waals surface area (Å²) in [5, 5.41) is 13.8. The zero-order chi connectivity index (χ0) is 25.3. The van der Waals surface area contributed by atoms with Crippen LogP contribution in [0, 0.1) is 19.7 Å². The molecule has 0 bridgehead atoms. The fraction of sp³-hybridized carbons (Fsp3) is 0.375. The lowest BCUT2D eigenvalue weighted by Gasteiger charge is -2.40. The minimum absolute atomic E-state index is 0.0756. The number of halogens is 1. The molecule has 0 fully saturated rings. The molecule has 4 rings (SSSR count). The molecule has 11 heteroatoms. The summed E-state index contributed by atoms with van der Waals surface area (Å²) in [7, 11) is 1.54. The van der Waals surface area contributed by atoms with Crippen LogP contribution in [0.15, 0.2) is 34.9 Å². The number of nitrogens with zero attached hydrogens (tertiary/aromatic N) is 4. The molecule has 1 aliphatic rings. The maximum Gasteiger partial charge on any atom is 0.272 e. The standard InChI is InChI=1S/C24H27FN6O4/c1-14-18(15(2)35-29-14)9-10-26-21(32)19-11-20-22(33)30(4)24(3,13-31(20)28-19)23(34)27-12-16-5-7-17(25)8-6-16/h5-8,11H,9-10,12-13H2,1-4H3,(H,26,32)(H,27,34). The Morgan fingerprint density at radius 3 is 2.57 bits per heavy atom. The molecular weight excluding hydrogens is 455 g/mol. The number of aryl methyl sites for hydroxylation is 2. The number of carbonyl (C=O) groups excluding carboxylic acids is 3. The highest BCUT2D eigenvalue weighted by atomic mass is 19.1. The van der Waals surface area contributed by atoms with Crippen molar-refractivity contribution in [2.24, 2.45) is 0 Å². The van der Waals surface area contributed by atoms with Gasteiger partial charge in [0.15, 0.2) is 5.69 Å². The van der Waals surface area contributed by atoms with E-state index in [1.807, 2.05) is 13.8 Å². The van der Waals surface area contributed by atoms with Gasteiger partial charge in [0, 0.05) is 31.8 Å². The van der Waals surface area contributed by atoms with Crippen molar-refractivity contribution in [3.63, 3.8) is 0 Å². The van der Waals surface area contributed by atoms with Gasteiger partial charge in [-0.25, -0.2) is 4.39 Å². The fourth-order valence-electron chi connectivity index (χ4n) is 4.06. The van der Waals surface area contributed by atoms with Gasteiger partial charge in [-0.3, -0.25) is 19.1 Å². The summed E-state index contributed by atoms with van der Waals surface area (Å²) < 4.78 is 19.6. The summed E-state index contributed by atoms with van der Waals surface area (Å²) >= 11 is 0. The molecule has 1 unspecified atom stereocenters. The molecule has 1 atom stereocenters. The second-order valence-electron chi connectivity index (χ2n) is 8.83. The Morgan fingerprint density at radius 1 is 1.20 bits per heavy atom. The van der Waals surface area contributed by atoms with Crippen molar-refractivity contribution in [1.29, 1.82) is 0 Å². The quantitative estimate of drug-likeness (QED) is 0.529. The summed E-state index contributed by atoms with van der Waals surface area (Å²) in [6, 6.07) is 7.22. The number of carbonyl (C=O) groups is 3. The van der Waals surface area contributed by atoms with Crippen molar-refractivity contribution in [3.05, 3.63) is 70.1 Å². The van der Waals surface area contributed by atoms with Crippen molar-refractivity contribution >= 4 is 17.7 Å². The minimum atomic E-state index is -1.23. The lowest BCUT2D eigenvalue weighted by Crippen LogP contribution is -2.62. The third kappa shape index (κ3) is 4.66. The van der Waals surface area contributed by atoms with Gasteiger partial charge in [0.25, 0.3) is 11.8 Å². The zero-order valence-electron chi connectivity index (χ0n) is 20.0. The average molecular weight is 483 g/mol. The van der Waals surface area contributed by atoms with Gasteiger partial charge >= 0.3 is 0 Å². The van der Waals surface area contributed by atoms with Crippen molar-refractivity contribution in [2.45, 2.75) is 45.8 Å². The van der Waals surface area contributed by atoms with E-state index in [1.54, 1.807) is 26.1 Å². The molecule has 1 aliphatic heterocycles. The molecule has 0 saturated heterocycles. The van der Waals surface area contributed by atoms with Crippen LogP contribution < -0.4 is 10.6 Å². The molecule has 0 aliphatic carbocycles. The molecule has 3 heterocycles. The average Bonchev–Trinajstić information content (AvgIpc) is 3.40. The number of rotatable bonds is 7. The highest BCUT2D eigenvalue weighted by molar-refractivity contribution is 6.01. The first-order chi connectivity index (χ1) is 16.6. The van der Waals surface area contributed by atoms with Gasteiger partial charge < -0.3 is 20.1 Å². The lowest BCUT2D eigenvalue weighted by molar-refractivity contribution is -0.132. The second kappa shape index (κ2) is 9.32. The number of amides is 3.